The second-order valence-electron chi connectivity index (χ2n) is 15.3. The third-order valence-corrected chi connectivity index (χ3v) is 12.4. The zero-order valence-corrected chi connectivity index (χ0v) is 27.7. The van der Waals surface area contributed by atoms with Crippen LogP contribution in [0.2, 0.25) is 0 Å². The van der Waals surface area contributed by atoms with Crippen LogP contribution in [0.15, 0.2) is 24.3 Å². The minimum Gasteiger partial charge on any atom is -0.373 e. The van der Waals surface area contributed by atoms with Crippen LogP contribution in [0.5, 0.6) is 0 Å². The summed E-state index contributed by atoms with van der Waals surface area (Å²) in [5.41, 5.74) is 0. The average Bonchev–Trinajstić information content (AvgIpc) is 3.02. The number of ether oxygens (including phenoxy) is 1. The molecule has 0 spiro atoms. The normalized spacial score (nSPS) is 35.4. The molecule has 0 radical (unpaired) electrons. The number of hydrogen-bond donors (Lipinski definition) is 0. The summed E-state index contributed by atoms with van der Waals surface area (Å²) in [6.07, 6.45) is 45.1. The minimum atomic E-state index is 0.792. The first kappa shape index (κ1) is 33.3. The molecule has 4 aliphatic carbocycles. The molecule has 0 aromatic carbocycles. The van der Waals surface area contributed by atoms with Gasteiger partial charge in [0.25, 0.3) is 0 Å². The lowest BCUT2D eigenvalue weighted by atomic mass is 9.68. The van der Waals surface area contributed by atoms with E-state index in [9.17, 15) is 0 Å². The van der Waals surface area contributed by atoms with Crippen LogP contribution in [0.25, 0.3) is 0 Å². The summed E-state index contributed by atoms with van der Waals surface area (Å²) in [5, 5.41) is 0. The van der Waals surface area contributed by atoms with E-state index in [2.05, 4.69) is 38.2 Å². The van der Waals surface area contributed by atoms with Gasteiger partial charge in [-0.05, 0) is 124 Å². The Hall–Kier alpha value is -0.560. The van der Waals surface area contributed by atoms with Gasteiger partial charge < -0.3 is 4.74 Å². The number of allylic oxidation sites excluding steroid dienone is 2. The first-order valence-corrected chi connectivity index (χ1v) is 19.2. The zero-order valence-electron chi connectivity index (χ0n) is 27.7. The van der Waals surface area contributed by atoms with Gasteiger partial charge in [-0.3, -0.25) is 0 Å². The maximum atomic E-state index is 5.96. The summed E-state index contributed by atoms with van der Waals surface area (Å²) in [4.78, 5) is 0. The molecule has 1 nitrogen and oxygen atoms in total. The van der Waals surface area contributed by atoms with Crippen LogP contribution in [0.4, 0.5) is 0 Å². The SMILES string of the molecule is CCCCC[C@H]1CC[C@H](C2CCC(/C=C/COC/C=C/C3CCC([C@H]4CC[C@H](CCCCC)CC4)CC3)CC2)CC1. The molecule has 0 atom stereocenters. The molecule has 236 valence electrons. The van der Waals surface area contributed by atoms with Crippen LogP contribution in [0, 0.1) is 47.3 Å². The molecular formula is C40H70O. The highest BCUT2D eigenvalue weighted by molar-refractivity contribution is 4.95. The van der Waals surface area contributed by atoms with E-state index in [-0.39, 0.29) is 0 Å². The van der Waals surface area contributed by atoms with Crippen molar-refractivity contribution in [2.75, 3.05) is 13.2 Å². The summed E-state index contributed by atoms with van der Waals surface area (Å²) in [6.45, 7) is 6.25. The van der Waals surface area contributed by atoms with Crippen molar-refractivity contribution in [2.24, 2.45) is 47.3 Å². The smallest absolute Gasteiger partial charge is 0.0651 e. The van der Waals surface area contributed by atoms with E-state index in [1.165, 1.54) is 154 Å². The van der Waals surface area contributed by atoms with E-state index in [0.717, 1.165) is 60.6 Å². The van der Waals surface area contributed by atoms with Gasteiger partial charge in [0.15, 0.2) is 0 Å². The maximum Gasteiger partial charge on any atom is 0.0651 e. The van der Waals surface area contributed by atoms with Crippen molar-refractivity contribution in [2.45, 2.75) is 168 Å². The van der Waals surface area contributed by atoms with Crippen molar-refractivity contribution in [1.29, 1.82) is 0 Å². The Labute approximate surface area is 257 Å². The largest absolute Gasteiger partial charge is 0.373 e. The van der Waals surface area contributed by atoms with Gasteiger partial charge >= 0.3 is 0 Å². The lowest BCUT2D eigenvalue weighted by Crippen LogP contribution is -2.25. The Morgan fingerprint density at radius 3 is 1.12 bits per heavy atom. The Morgan fingerprint density at radius 2 is 0.780 bits per heavy atom. The van der Waals surface area contributed by atoms with Crippen molar-refractivity contribution in [1.82, 2.24) is 0 Å². The minimum absolute atomic E-state index is 0.792. The van der Waals surface area contributed by atoms with E-state index in [0.29, 0.717) is 0 Å². The van der Waals surface area contributed by atoms with Crippen LogP contribution in [-0.2, 0) is 4.74 Å². The molecule has 0 amide bonds. The molecule has 0 heterocycles. The fourth-order valence-electron chi connectivity index (χ4n) is 9.58. The van der Waals surface area contributed by atoms with Crippen LogP contribution >= 0.6 is 0 Å². The highest BCUT2D eigenvalue weighted by atomic mass is 16.5. The number of rotatable bonds is 16. The van der Waals surface area contributed by atoms with Gasteiger partial charge in [-0.15, -0.1) is 0 Å². The molecule has 4 saturated carbocycles. The quantitative estimate of drug-likeness (QED) is 0.133. The molecule has 0 aliphatic heterocycles. The summed E-state index contributed by atoms with van der Waals surface area (Å²) < 4.78 is 5.96. The molecule has 41 heavy (non-hydrogen) atoms. The van der Waals surface area contributed by atoms with E-state index >= 15 is 0 Å². The van der Waals surface area contributed by atoms with Crippen molar-refractivity contribution in [3.8, 4) is 0 Å². The second kappa shape index (κ2) is 19.7. The lowest BCUT2D eigenvalue weighted by molar-refractivity contribution is 0.150. The monoisotopic (exact) mass is 567 g/mol. The molecular weight excluding hydrogens is 496 g/mol. The van der Waals surface area contributed by atoms with Crippen LogP contribution in [0.1, 0.15) is 168 Å². The highest BCUT2D eigenvalue weighted by Crippen LogP contribution is 2.44. The van der Waals surface area contributed by atoms with Crippen molar-refractivity contribution < 1.29 is 4.74 Å². The summed E-state index contributed by atoms with van der Waals surface area (Å²) in [7, 11) is 0. The van der Waals surface area contributed by atoms with E-state index in [1.807, 2.05) is 0 Å². The van der Waals surface area contributed by atoms with Gasteiger partial charge in [0.1, 0.15) is 0 Å². The molecule has 4 aliphatic rings. The van der Waals surface area contributed by atoms with Crippen LogP contribution in [-0.4, -0.2) is 13.2 Å². The number of unbranched alkanes of at least 4 members (excludes halogenated alkanes) is 4. The molecule has 4 fully saturated rings. The maximum absolute atomic E-state index is 5.96. The van der Waals surface area contributed by atoms with Crippen molar-refractivity contribution >= 4 is 0 Å². The third-order valence-electron chi connectivity index (χ3n) is 12.4. The Bertz CT molecular complexity index is 630. The molecule has 0 N–H and O–H groups in total. The fraction of sp³-hybridized carbons (Fsp3) is 0.900. The Kier molecular flexibility index (Phi) is 16.0. The Morgan fingerprint density at radius 1 is 0.439 bits per heavy atom. The molecule has 0 bridgehead atoms. The van der Waals surface area contributed by atoms with Crippen molar-refractivity contribution in [3.63, 3.8) is 0 Å². The van der Waals surface area contributed by atoms with Crippen LogP contribution in [0.3, 0.4) is 0 Å². The molecule has 0 saturated heterocycles. The Balaban J connectivity index is 0.986. The first-order chi connectivity index (χ1) is 20.2. The topological polar surface area (TPSA) is 9.23 Å². The van der Waals surface area contributed by atoms with Gasteiger partial charge in [-0.1, -0.05) is 115 Å². The van der Waals surface area contributed by atoms with E-state index in [4.69, 9.17) is 4.74 Å². The predicted molar refractivity (Wildman–Crippen MR) is 179 cm³/mol. The summed E-state index contributed by atoms with van der Waals surface area (Å²) in [6, 6.07) is 0. The van der Waals surface area contributed by atoms with Crippen molar-refractivity contribution in [3.05, 3.63) is 24.3 Å². The van der Waals surface area contributed by atoms with Gasteiger partial charge in [0, 0.05) is 0 Å². The fourth-order valence-corrected chi connectivity index (χ4v) is 9.58. The van der Waals surface area contributed by atoms with Gasteiger partial charge in [0.05, 0.1) is 13.2 Å². The molecule has 0 aromatic heterocycles. The van der Waals surface area contributed by atoms with E-state index in [1.54, 1.807) is 0 Å². The van der Waals surface area contributed by atoms with Gasteiger partial charge in [0.2, 0.25) is 0 Å². The summed E-state index contributed by atoms with van der Waals surface area (Å²) in [5.74, 6) is 7.89. The second-order valence-corrected chi connectivity index (χ2v) is 15.3. The summed E-state index contributed by atoms with van der Waals surface area (Å²) >= 11 is 0. The average molecular weight is 567 g/mol. The van der Waals surface area contributed by atoms with Gasteiger partial charge in [-0.25, -0.2) is 0 Å². The highest BCUT2D eigenvalue weighted by Gasteiger charge is 2.31. The third kappa shape index (κ3) is 12.2. The van der Waals surface area contributed by atoms with Gasteiger partial charge in [-0.2, -0.15) is 0 Å². The molecule has 1 heteroatoms. The van der Waals surface area contributed by atoms with Crippen LogP contribution < -0.4 is 0 Å². The number of hydrogen-bond acceptors (Lipinski definition) is 1. The molecule has 4 rings (SSSR count). The molecule has 0 unspecified atom stereocenters. The molecule has 0 aromatic rings. The lowest BCUT2D eigenvalue weighted by Gasteiger charge is -2.37. The standard InChI is InChI=1S/C40H70O/c1-3-5-7-11-33-15-23-37(24-16-33)39-27-19-35(20-28-39)13-9-31-41-32-10-14-36-21-29-40(30-22-36)38-25-17-34(18-26-38)12-8-6-4-2/h9-10,13-14,33-40H,3-8,11-12,15-32H2,1-2H3/b13-9+,14-10+/t33-,34-,35?,36?,37-,38-,39?,40?. The first-order valence-electron chi connectivity index (χ1n) is 19.2. The predicted octanol–water partition coefficient (Wildman–Crippen LogP) is 12.5. The van der Waals surface area contributed by atoms with E-state index < -0.39 is 0 Å². The zero-order chi connectivity index (χ0) is 28.5.